The van der Waals surface area contributed by atoms with Gasteiger partial charge in [0.05, 0.1) is 17.7 Å². The fourth-order valence-electron chi connectivity index (χ4n) is 1.29. The Morgan fingerprint density at radius 3 is 2.67 bits per heavy atom. The van der Waals surface area contributed by atoms with Crippen LogP contribution in [-0.4, -0.2) is 30.9 Å². The number of aryl methyl sites for hydroxylation is 1. The number of benzene rings is 1. The van der Waals surface area contributed by atoms with Crippen molar-refractivity contribution in [1.82, 2.24) is 5.32 Å². The molecule has 0 aromatic heterocycles. The Morgan fingerprint density at radius 1 is 1.44 bits per heavy atom. The summed E-state index contributed by atoms with van der Waals surface area (Å²) in [5, 5.41) is 1.96. The number of nitrogens with one attached hydrogen (secondary N) is 1. The summed E-state index contributed by atoms with van der Waals surface area (Å²) in [6.45, 7) is 1.86. The largest absolute Gasteiger partial charge is 0.468 e. The van der Waals surface area contributed by atoms with Crippen LogP contribution in [0.25, 0.3) is 0 Å². The van der Waals surface area contributed by atoms with Gasteiger partial charge in [0.25, 0.3) is 5.91 Å². The zero-order valence-corrected chi connectivity index (χ0v) is 11.5. The van der Waals surface area contributed by atoms with Crippen molar-refractivity contribution >= 4 is 35.1 Å². The molecule has 0 aliphatic rings. The van der Waals surface area contributed by atoms with Gasteiger partial charge in [0.15, 0.2) is 0 Å². The summed E-state index contributed by atoms with van der Waals surface area (Å²) in [6, 6.07) is 5.09. The number of carbonyl (C=O) groups excluding carboxylic acids is 2. The van der Waals surface area contributed by atoms with Gasteiger partial charge in [0.1, 0.15) is 5.38 Å². The summed E-state index contributed by atoms with van der Waals surface area (Å²) in [7, 11) is 1.23. The lowest BCUT2D eigenvalue weighted by atomic mass is 10.1. The smallest absolute Gasteiger partial charge is 0.325 e. The van der Waals surface area contributed by atoms with E-state index < -0.39 is 11.3 Å². The molecule has 0 spiro atoms. The van der Waals surface area contributed by atoms with Crippen LogP contribution in [0, 0.1) is 6.92 Å². The van der Waals surface area contributed by atoms with E-state index in [1.165, 1.54) is 7.11 Å². The minimum Gasteiger partial charge on any atom is -0.468 e. The lowest BCUT2D eigenvalue weighted by Crippen LogP contribution is -2.34. The number of rotatable bonds is 4. The molecule has 18 heavy (non-hydrogen) atoms. The molecule has 0 aliphatic heterocycles. The molecule has 0 radical (unpaired) electrons. The van der Waals surface area contributed by atoms with Crippen LogP contribution in [0.15, 0.2) is 18.2 Å². The van der Waals surface area contributed by atoms with E-state index in [-0.39, 0.29) is 12.5 Å². The molecule has 0 heterocycles. The first-order valence-electron chi connectivity index (χ1n) is 5.22. The number of halogens is 2. The highest BCUT2D eigenvalue weighted by molar-refractivity contribution is 6.34. The van der Waals surface area contributed by atoms with Crippen molar-refractivity contribution < 1.29 is 14.3 Å². The Labute approximate surface area is 115 Å². The Balaban J connectivity index is 2.63. The molecule has 0 saturated heterocycles. The standard InChI is InChI=1S/C12H13Cl2NO3/c1-7-3-4-8(9(13)5-7)11(16)15-6-10(14)12(17)18-2/h3-5,10H,6H2,1-2H3,(H,15,16). The summed E-state index contributed by atoms with van der Waals surface area (Å²) in [5.74, 6) is -0.971. The molecule has 0 fully saturated rings. The molecule has 1 rings (SSSR count). The van der Waals surface area contributed by atoms with E-state index in [1.807, 2.05) is 6.92 Å². The first kappa shape index (κ1) is 14.8. The molecule has 1 unspecified atom stereocenters. The van der Waals surface area contributed by atoms with Crippen molar-refractivity contribution in [2.45, 2.75) is 12.3 Å². The number of hydrogen-bond acceptors (Lipinski definition) is 3. The van der Waals surface area contributed by atoms with Gasteiger partial charge in [0, 0.05) is 6.54 Å². The molecule has 6 heteroatoms. The molecule has 0 aliphatic carbocycles. The highest BCUT2D eigenvalue weighted by Crippen LogP contribution is 2.17. The highest BCUT2D eigenvalue weighted by atomic mass is 35.5. The molecule has 4 nitrogen and oxygen atoms in total. The molecule has 1 atom stereocenters. The average Bonchev–Trinajstić information content (AvgIpc) is 2.34. The number of hydrogen-bond donors (Lipinski definition) is 1. The summed E-state index contributed by atoms with van der Waals surface area (Å²) >= 11 is 11.6. The first-order chi connectivity index (χ1) is 8.45. The second-order valence-corrected chi connectivity index (χ2v) is 4.62. The van der Waals surface area contributed by atoms with E-state index in [0.717, 1.165) is 5.56 Å². The minimum absolute atomic E-state index is 0.0166. The van der Waals surface area contributed by atoms with Crippen molar-refractivity contribution in [3.8, 4) is 0 Å². The molecule has 1 amide bonds. The summed E-state index contributed by atoms with van der Waals surface area (Å²) in [5.41, 5.74) is 1.30. The maximum atomic E-state index is 11.8. The van der Waals surface area contributed by atoms with Gasteiger partial charge in [-0.05, 0) is 24.6 Å². The molecule has 0 saturated carbocycles. The third-order valence-corrected chi connectivity index (χ3v) is 2.91. The van der Waals surface area contributed by atoms with Gasteiger partial charge in [-0.3, -0.25) is 9.59 Å². The van der Waals surface area contributed by atoms with Gasteiger partial charge in [0.2, 0.25) is 0 Å². The van der Waals surface area contributed by atoms with Gasteiger partial charge in [-0.15, -0.1) is 11.6 Å². The van der Waals surface area contributed by atoms with Crippen molar-refractivity contribution in [3.63, 3.8) is 0 Å². The monoisotopic (exact) mass is 289 g/mol. The van der Waals surface area contributed by atoms with E-state index in [2.05, 4.69) is 10.1 Å². The van der Waals surface area contributed by atoms with Gasteiger partial charge >= 0.3 is 5.97 Å². The Morgan fingerprint density at radius 2 is 2.11 bits per heavy atom. The number of carbonyl (C=O) groups is 2. The maximum absolute atomic E-state index is 11.8. The van der Waals surface area contributed by atoms with Crippen LogP contribution in [0.2, 0.25) is 5.02 Å². The fourth-order valence-corrected chi connectivity index (χ4v) is 1.78. The van der Waals surface area contributed by atoms with Gasteiger partial charge in [-0.2, -0.15) is 0 Å². The van der Waals surface area contributed by atoms with E-state index in [0.29, 0.717) is 10.6 Å². The predicted molar refractivity (Wildman–Crippen MR) is 70.2 cm³/mol. The van der Waals surface area contributed by atoms with Crippen LogP contribution in [-0.2, 0) is 9.53 Å². The number of amides is 1. The molecular weight excluding hydrogens is 277 g/mol. The average molecular weight is 290 g/mol. The summed E-state index contributed by atoms with van der Waals surface area (Å²) < 4.78 is 4.44. The normalized spacial score (nSPS) is 11.8. The maximum Gasteiger partial charge on any atom is 0.325 e. The molecule has 1 aromatic rings. The highest BCUT2D eigenvalue weighted by Gasteiger charge is 2.18. The van der Waals surface area contributed by atoms with Crippen molar-refractivity contribution in [1.29, 1.82) is 0 Å². The second kappa shape index (κ2) is 6.61. The number of methoxy groups -OCH3 is 1. The Hall–Kier alpha value is -1.26. The van der Waals surface area contributed by atoms with Crippen molar-refractivity contribution in [2.24, 2.45) is 0 Å². The SMILES string of the molecule is COC(=O)C(Cl)CNC(=O)c1ccc(C)cc1Cl. The van der Waals surface area contributed by atoms with Crippen LogP contribution in [0.1, 0.15) is 15.9 Å². The lowest BCUT2D eigenvalue weighted by Gasteiger charge is -2.10. The van der Waals surface area contributed by atoms with Crippen LogP contribution in [0.5, 0.6) is 0 Å². The van der Waals surface area contributed by atoms with Crippen LogP contribution in [0.4, 0.5) is 0 Å². The zero-order valence-electron chi connectivity index (χ0n) is 10.00. The number of ether oxygens (including phenoxy) is 1. The second-order valence-electron chi connectivity index (χ2n) is 3.68. The quantitative estimate of drug-likeness (QED) is 0.683. The predicted octanol–water partition coefficient (Wildman–Crippen LogP) is 2.16. The fraction of sp³-hybridized carbons (Fsp3) is 0.333. The number of esters is 1. The van der Waals surface area contributed by atoms with Crippen LogP contribution < -0.4 is 5.32 Å². The molecule has 98 valence electrons. The van der Waals surface area contributed by atoms with E-state index in [1.54, 1.807) is 18.2 Å². The zero-order chi connectivity index (χ0) is 13.7. The molecule has 1 N–H and O–H groups in total. The van der Waals surface area contributed by atoms with Gasteiger partial charge < -0.3 is 10.1 Å². The third-order valence-electron chi connectivity index (χ3n) is 2.27. The van der Waals surface area contributed by atoms with Crippen LogP contribution in [0.3, 0.4) is 0 Å². The van der Waals surface area contributed by atoms with Gasteiger partial charge in [-0.1, -0.05) is 17.7 Å². The van der Waals surface area contributed by atoms with Crippen LogP contribution >= 0.6 is 23.2 Å². The molecule has 0 bridgehead atoms. The van der Waals surface area contributed by atoms with Crippen molar-refractivity contribution in [3.05, 3.63) is 34.3 Å². The van der Waals surface area contributed by atoms with E-state index in [9.17, 15) is 9.59 Å². The van der Waals surface area contributed by atoms with E-state index in [4.69, 9.17) is 23.2 Å². The Bertz CT molecular complexity index is 463. The Kier molecular flexibility index (Phi) is 5.44. The first-order valence-corrected chi connectivity index (χ1v) is 6.03. The number of alkyl halides is 1. The summed E-state index contributed by atoms with van der Waals surface area (Å²) in [6.07, 6.45) is 0. The molecule has 1 aromatic carbocycles. The van der Waals surface area contributed by atoms with E-state index >= 15 is 0 Å². The summed E-state index contributed by atoms with van der Waals surface area (Å²) in [4.78, 5) is 22.8. The van der Waals surface area contributed by atoms with Crippen molar-refractivity contribution in [2.75, 3.05) is 13.7 Å². The van der Waals surface area contributed by atoms with Gasteiger partial charge in [-0.25, -0.2) is 0 Å². The minimum atomic E-state index is -0.914. The lowest BCUT2D eigenvalue weighted by molar-refractivity contribution is -0.140. The molecular formula is C12H13Cl2NO3. The third kappa shape index (κ3) is 3.89. The topological polar surface area (TPSA) is 55.4 Å².